The molecule has 0 radical (unpaired) electrons. The lowest BCUT2D eigenvalue weighted by atomic mass is 10.1. The number of hydrogen-bond donors (Lipinski definition) is 9. The van der Waals surface area contributed by atoms with Crippen LogP contribution < -0.4 is 22.6 Å². The summed E-state index contributed by atoms with van der Waals surface area (Å²) < 4.78 is 60.6. The summed E-state index contributed by atoms with van der Waals surface area (Å²) >= 11 is 0. The van der Waals surface area contributed by atoms with Gasteiger partial charge in [0, 0.05) is 0 Å². The van der Waals surface area contributed by atoms with Crippen molar-refractivity contribution in [1.29, 1.82) is 0 Å². The van der Waals surface area contributed by atoms with E-state index in [1.54, 1.807) is 0 Å². The van der Waals surface area contributed by atoms with E-state index in [1.165, 1.54) is 0 Å². The molecule has 3 fully saturated rings. The molecule has 0 saturated carbocycles. The van der Waals surface area contributed by atoms with Gasteiger partial charge in [-0.15, -0.1) is 0 Å². The van der Waals surface area contributed by atoms with Crippen LogP contribution in [-0.4, -0.2) is 120 Å². The quantitative estimate of drug-likeness (QED) is 0.0917. The van der Waals surface area contributed by atoms with Gasteiger partial charge in [-0.05, 0) is 0 Å². The molecule has 0 spiro atoms. The number of nitrogens with two attached hydrogens (primary N) is 2. The molecule has 6 unspecified atom stereocenters. The molecule has 7 rings (SSSR count). The van der Waals surface area contributed by atoms with Gasteiger partial charge in [0.05, 0.1) is 19.5 Å². The molecule has 50 heavy (non-hydrogen) atoms. The number of imidazole rings is 2. The largest absolute Gasteiger partial charge is 0.481 e. The maximum absolute atomic E-state index is 13.2. The first-order valence-corrected chi connectivity index (χ1v) is 17.2. The lowest BCUT2D eigenvalue weighted by molar-refractivity contribution is -0.136. The summed E-state index contributed by atoms with van der Waals surface area (Å²) in [5.74, 6) is -2.49. The molecule has 0 bridgehead atoms. The van der Waals surface area contributed by atoms with Crippen molar-refractivity contribution >= 4 is 55.8 Å². The number of aliphatic carboxylic acids is 1. The summed E-state index contributed by atoms with van der Waals surface area (Å²) in [5.41, 5.74) is 8.62. The highest BCUT2D eigenvalue weighted by Gasteiger charge is 2.54. The number of nitrogens with one attached hydrogen (secondary N) is 2. The SMILES string of the molecule is Nc1nc2c(ncn2[C@@H]2O[C@@H]3COP(=O)(O)OC4C(O)[C@H](n5c(CC(=O)O)nc6c(=O)[nH]c(N)nc65)O[C@@H]4COP(=O)(O)OC3C2O)c(=O)[nH]1. The van der Waals surface area contributed by atoms with Crippen LogP contribution in [0.25, 0.3) is 22.3 Å². The molecular weight excluding hydrogens is 722 g/mol. The number of carbonyl (C=O) groups is 1. The van der Waals surface area contributed by atoms with Crippen molar-refractivity contribution in [1.82, 2.24) is 39.0 Å². The fourth-order valence-electron chi connectivity index (χ4n) is 5.82. The van der Waals surface area contributed by atoms with Gasteiger partial charge in [0.15, 0.2) is 34.8 Å². The number of ether oxygens (including phenoxy) is 2. The van der Waals surface area contributed by atoms with Crippen LogP contribution in [0.1, 0.15) is 18.3 Å². The molecule has 3 aliphatic rings. The van der Waals surface area contributed by atoms with E-state index in [2.05, 4.69) is 29.9 Å². The zero-order valence-corrected chi connectivity index (χ0v) is 26.6. The van der Waals surface area contributed by atoms with E-state index < -0.39 is 113 Å². The number of nitrogens with zero attached hydrogens (tertiary/aromatic N) is 6. The number of rotatable bonds is 4. The zero-order valence-electron chi connectivity index (χ0n) is 24.8. The standard InChI is InChI=1S/C22H26N10O16P2/c23-21-27-15-9(17(37)29-21)25-4-31(15)19-11(35)13-5(45-19)2-43-50(41,42)48-14-6(3-44-49(39,40)47-13)46-20(12(14)36)32-7(1-8(33)34)26-10-16(32)28-22(24)30-18(10)38/h4-6,11-14,19-20,35-36H,1-3H2,(H,33,34)(H,39,40)(H,41,42)(H3,23,27,29,37)(H3,24,28,30,38)/t5-,6-,11?,12?,13?,14?,19-,20-/m1/s1. The maximum atomic E-state index is 13.2. The van der Waals surface area contributed by atoms with Gasteiger partial charge in [-0.25, -0.2) is 19.1 Å². The molecule has 4 aromatic heterocycles. The predicted molar refractivity (Wildman–Crippen MR) is 158 cm³/mol. The summed E-state index contributed by atoms with van der Waals surface area (Å²) in [6.07, 6.45) is -13.8. The summed E-state index contributed by atoms with van der Waals surface area (Å²) in [5, 5.41) is 31.9. The Balaban J connectivity index is 1.20. The van der Waals surface area contributed by atoms with Crippen molar-refractivity contribution in [3.05, 3.63) is 32.9 Å². The number of aromatic amines is 2. The molecule has 26 nitrogen and oxygen atoms in total. The Kier molecular flexibility index (Phi) is 8.40. The fourth-order valence-corrected chi connectivity index (χ4v) is 7.75. The fraction of sp³-hybridized carbons (Fsp3) is 0.500. The van der Waals surface area contributed by atoms with Gasteiger partial charge in [-0.1, -0.05) is 0 Å². The van der Waals surface area contributed by atoms with Crippen molar-refractivity contribution in [3.63, 3.8) is 0 Å². The minimum absolute atomic E-state index is 0.152. The topological polar surface area (TPSA) is 387 Å². The van der Waals surface area contributed by atoms with Crippen LogP contribution in [0.4, 0.5) is 11.9 Å². The van der Waals surface area contributed by atoms with Gasteiger partial charge in [0.25, 0.3) is 11.1 Å². The number of carboxylic acid groups (broad SMARTS) is 1. The maximum Gasteiger partial charge on any atom is 0.472 e. The number of nitrogen functional groups attached to an aromatic ring is 2. The second kappa shape index (κ2) is 12.3. The number of aliphatic hydroxyl groups is 2. The first kappa shape index (κ1) is 34.3. The van der Waals surface area contributed by atoms with Crippen LogP contribution in [-0.2, 0) is 47.9 Å². The first-order chi connectivity index (χ1) is 23.5. The third-order valence-electron chi connectivity index (χ3n) is 7.86. The van der Waals surface area contributed by atoms with Crippen molar-refractivity contribution in [2.75, 3.05) is 24.7 Å². The molecule has 270 valence electrons. The molecule has 11 N–H and O–H groups in total. The second-order valence-electron chi connectivity index (χ2n) is 11.1. The van der Waals surface area contributed by atoms with Gasteiger partial charge in [-0.3, -0.25) is 51.6 Å². The van der Waals surface area contributed by atoms with Crippen molar-refractivity contribution in [2.24, 2.45) is 0 Å². The molecule has 10 atom stereocenters. The Morgan fingerprint density at radius 1 is 0.860 bits per heavy atom. The van der Waals surface area contributed by atoms with Crippen molar-refractivity contribution in [2.45, 2.75) is 55.5 Å². The number of hydrogen-bond acceptors (Lipinski definition) is 19. The van der Waals surface area contributed by atoms with E-state index in [9.17, 15) is 48.6 Å². The monoisotopic (exact) mass is 748 g/mol. The van der Waals surface area contributed by atoms with E-state index in [0.717, 1.165) is 15.5 Å². The highest BCUT2D eigenvalue weighted by atomic mass is 31.2. The average molecular weight is 748 g/mol. The van der Waals surface area contributed by atoms with Crippen molar-refractivity contribution < 1.29 is 66.6 Å². The van der Waals surface area contributed by atoms with E-state index >= 15 is 0 Å². The smallest absolute Gasteiger partial charge is 0.472 e. The molecule has 0 amide bonds. The zero-order chi connectivity index (χ0) is 35.9. The molecule has 3 saturated heterocycles. The number of phosphoric acid groups is 2. The first-order valence-electron chi connectivity index (χ1n) is 14.2. The van der Waals surface area contributed by atoms with Crippen LogP contribution in [0.5, 0.6) is 0 Å². The minimum atomic E-state index is -5.23. The highest BCUT2D eigenvalue weighted by Crippen LogP contribution is 2.53. The summed E-state index contributed by atoms with van der Waals surface area (Å²) in [6.45, 7) is -1.92. The number of aromatic nitrogens is 8. The van der Waals surface area contributed by atoms with Gasteiger partial charge in [0.2, 0.25) is 11.9 Å². The predicted octanol–water partition coefficient (Wildman–Crippen LogP) is -3.42. The van der Waals surface area contributed by atoms with Crippen LogP contribution in [0, 0.1) is 0 Å². The third-order valence-corrected chi connectivity index (χ3v) is 9.83. The second-order valence-corrected chi connectivity index (χ2v) is 14.0. The van der Waals surface area contributed by atoms with Crippen molar-refractivity contribution in [3.8, 4) is 0 Å². The summed E-state index contributed by atoms with van der Waals surface area (Å²) in [6, 6.07) is 0. The number of anilines is 2. The van der Waals surface area contributed by atoms with Crippen LogP contribution in [0.2, 0.25) is 0 Å². The molecule has 4 aromatic rings. The Bertz CT molecular complexity index is 2220. The van der Waals surface area contributed by atoms with E-state index in [-0.39, 0.29) is 28.6 Å². The van der Waals surface area contributed by atoms with Gasteiger partial charge in [-0.2, -0.15) is 9.97 Å². The Labute approximate surface area is 274 Å². The lowest BCUT2D eigenvalue weighted by Crippen LogP contribution is -2.39. The van der Waals surface area contributed by atoms with Crippen LogP contribution >= 0.6 is 15.6 Å². The molecule has 0 aliphatic carbocycles. The normalized spacial score (nSPS) is 35.0. The lowest BCUT2D eigenvalue weighted by Gasteiger charge is -2.27. The van der Waals surface area contributed by atoms with Gasteiger partial charge in [0.1, 0.15) is 48.9 Å². The average Bonchev–Trinajstić information content (AvgIpc) is 3.74. The molecule has 7 heterocycles. The van der Waals surface area contributed by atoms with E-state index in [0.29, 0.717) is 0 Å². The Morgan fingerprint density at radius 2 is 1.38 bits per heavy atom. The Hall–Kier alpha value is -4.17. The van der Waals surface area contributed by atoms with Gasteiger partial charge >= 0.3 is 21.6 Å². The number of fused-ring (bicyclic) bond motifs is 4. The molecular formula is C22H26N10O16P2. The minimum Gasteiger partial charge on any atom is -0.481 e. The van der Waals surface area contributed by atoms with Gasteiger partial charge < -0.3 is 46.0 Å². The summed E-state index contributed by atoms with van der Waals surface area (Å²) in [7, 11) is -10.4. The number of carboxylic acids is 1. The van der Waals surface area contributed by atoms with E-state index in [4.69, 9.17) is 39.0 Å². The molecule has 28 heteroatoms. The number of H-pyrrole nitrogens is 2. The molecule has 0 aromatic carbocycles. The van der Waals surface area contributed by atoms with E-state index in [1.807, 2.05) is 0 Å². The Morgan fingerprint density at radius 3 is 1.96 bits per heavy atom. The number of phosphoric ester groups is 2. The highest BCUT2D eigenvalue weighted by molar-refractivity contribution is 7.47. The number of aliphatic hydroxyl groups excluding tert-OH is 2. The summed E-state index contributed by atoms with van der Waals surface area (Å²) in [4.78, 5) is 78.0. The third kappa shape index (κ3) is 6.10. The molecule has 3 aliphatic heterocycles. The van der Waals surface area contributed by atoms with Crippen LogP contribution in [0.3, 0.4) is 0 Å². The van der Waals surface area contributed by atoms with Crippen LogP contribution in [0.15, 0.2) is 15.9 Å².